The second kappa shape index (κ2) is 8.30. The van der Waals surface area contributed by atoms with E-state index in [1.54, 1.807) is 0 Å². The van der Waals surface area contributed by atoms with Gasteiger partial charge >= 0.3 is 7.12 Å². The molecule has 0 radical (unpaired) electrons. The van der Waals surface area contributed by atoms with E-state index in [9.17, 15) is 19.6 Å². The summed E-state index contributed by atoms with van der Waals surface area (Å²) in [6.45, 7) is 4.33. The summed E-state index contributed by atoms with van der Waals surface area (Å²) in [6.07, 6.45) is 0.976. The topological polar surface area (TPSA) is 98.7 Å². The lowest BCUT2D eigenvalue weighted by Gasteiger charge is -2.19. The van der Waals surface area contributed by atoms with Crippen molar-refractivity contribution in [2.75, 3.05) is 0 Å². The van der Waals surface area contributed by atoms with Gasteiger partial charge in [-0.3, -0.25) is 9.59 Å². The number of hydrogen-bond donors (Lipinski definition) is 4. The first-order valence-corrected chi connectivity index (χ1v) is 8.36. The fraction of sp³-hybridized carbons (Fsp3) is 0.529. The minimum Gasteiger partial charge on any atom is -0.426 e. The van der Waals surface area contributed by atoms with E-state index in [0.717, 1.165) is 5.56 Å². The van der Waals surface area contributed by atoms with Gasteiger partial charge < -0.3 is 20.7 Å². The van der Waals surface area contributed by atoms with Crippen molar-refractivity contribution in [2.45, 2.75) is 39.2 Å². The predicted octanol–water partition coefficient (Wildman–Crippen LogP) is 0.482. The summed E-state index contributed by atoms with van der Waals surface area (Å²) in [7, 11) is -1.60. The van der Waals surface area contributed by atoms with E-state index in [4.69, 9.17) is 0 Å². The molecule has 0 bridgehead atoms. The molecule has 1 fully saturated rings. The molecule has 1 aliphatic carbocycles. The van der Waals surface area contributed by atoms with Crippen molar-refractivity contribution in [2.24, 2.45) is 17.8 Å². The van der Waals surface area contributed by atoms with Crippen LogP contribution in [0.4, 0.5) is 0 Å². The number of carbonyl (C=O) groups excluding carboxylic acids is 2. The zero-order chi connectivity index (χ0) is 17.7. The highest BCUT2D eigenvalue weighted by Gasteiger charge is 2.48. The van der Waals surface area contributed by atoms with Crippen molar-refractivity contribution in [1.82, 2.24) is 10.6 Å². The van der Waals surface area contributed by atoms with Crippen LogP contribution in [0.3, 0.4) is 0 Å². The smallest absolute Gasteiger partial charge is 0.426 e. The second-order valence-corrected chi connectivity index (χ2v) is 6.81. The average Bonchev–Trinajstić information content (AvgIpc) is 3.33. The van der Waals surface area contributed by atoms with Gasteiger partial charge in [0.25, 0.3) is 0 Å². The summed E-state index contributed by atoms with van der Waals surface area (Å²) in [4.78, 5) is 24.3. The molecule has 1 saturated carbocycles. The standard InChI is InChI=1S/C17H25BN2O4/c1-11(2)8-15(18(23)24)20-17(22)14-9-13(14)16(21)19-10-12-6-4-3-5-7-12/h3-7,11,13-15,23-24H,8-10H2,1-2H3,(H,19,21)(H,20,22)/t13-,14-,15?/m1/s1. The van der Waals surface area contributed by atoms with E-state index >= 15 is 0 Å². The molecule has 3 atom stereocenters. The maximum absolute atomic E-state index is 12.2. The van der Waals surface area contributed by atoms with Crippen LogP contribution in [0.1, 0.15) is 32.3 Å². The molecule has 130 valence electrons. The van der Waals surface area contributed by atoms with Gasteiger partial charge in [0, 0.05) is 6.54 Å². The molecule has 0 aromatic heterocycles. The molecule has 1 aromatic carbocycles. The highest BCUT2D eigenvalue weighted by atomic mass is 16.4. The number of benzene rings is 1. The highest BCUT2D eigenvalue weighted by Crippen LogP contribution is 2.39. The van der Waals surface area contributed by atoms with Crippen molar-refractivity contribution in [1.29, 1.82) is 0 Å². The van der Waals surface area contributed by atoms with Gasteiger partial charge in [-0.05, 0) is 24.3 Å². The van der Waals surface area contributed by atoms with E-state index in [1.807, 2.05) is 44.2 Å². The minimum atomic E-state index is -1.60. The Hall–Kier alpha value is -1.86. The van der Waals surface area contributed by atoms with E-state index in [-0.39, 0.29) is 29.6 Å². The first-order chi connectivity index (χ1) is 11.4. The molecule has 2 rings (SSSR count). The van der Waals surface area contributed by atoms with Gasteiger partial charge in [0.2, 0.25) is 11.8 Å². The zero-order valence-corrected chi connectivity index (χ0v) is 14.1. The summed E-state index contributed by atoms with van der Waals surface area (Å²) in [6, 6.07) is 9.58. The quantitative estimate of drug-likeness (QED) is 0.521. The molecule has 7 heteroatoms. The molecular formula is C17H25BN2O4. The molecule has 1 unspecified atom stereocenters. The van der Waals surface area contributed by atoms with Crippen molar-refractivity contribution in [3.63, 3.8) is 0 Å². The second-order valence-electron chi connectivity index (χ2n) is 6.81. The Morgan fingerprint density at radius 1 is 1.17 bits per heavy atom. The number of amides is 2. The summed E-state index contributed by atoms with van der Waals surface area (Å²) in [5.74, 6) is -1.61. The van der Waals surface area contributed by atoms with Crippen LogP contribution >= 0.6 is 0 Å². The van der Waals surface area contributed by atoms with Crippen LogP contribution in [0.25, 0.3) is 0 Å². The molecule has 0 aliphatic heterocycles. The molecule has 1 aliphatic rings. The molecule has 4 N–H and O–H groups in total. The van der Waals surface area contributed by atoms with Crippen LogP contribution in [0.2, 0.25) is 0 Å². The minimum absolute atomic E-state index is 0.135. The van der Waals surface area contributed by atoms with E-state index in [1.165, 1.54) is 0 Å². The van der Waals surface area contributed by atoms with Crippen LogP contribution in [0.5, 0.6) is 0 Å². The third-order valence-corrected chi connectivity index (χ3v) is 4.19. The van der Waals surface area contributed by atoms with Crippen molar-refractivity contribution in [3.8, 4) is 0 Å². The Labute approximate surface area is 142 Å². The van der Waals surface area contributed by atoms with E-state index in [0.29, 0.717) is 19.4 Å². The molecule has 0 spiro atoms. The molecule has 6 nitrogen and oxygen atoms in total. The Kier molecular flexibility index (Phi) is 6.40. The molecule has 0 saturated heterocycles. The van der Waals surface area contributed by atoms with Crippen LogP contribution < -0.4 is 10.6 Å². The van der Waals surface area contributed by atoms with Gasteiger partial charge in [-0.1, -0.05) is 44.2 Å². The Morgan fingerprint density at radius 3 is 2.38 bits per heavy atom. The lowest BCUT2D eigenvalue weighted by molar-refractivity contribution is -0.127. The Bertz CT molecular complexity index is 565. The first-order valence-electron chi connectivity index (χ1n) is 8.36. The van der Waals surface area contributed by atoms with Gasteiger partial charge in [0.1, 0.15) is 0 Å². The third kappa shape index (κ3) is 5.35. The van der Waals surface area contributed by atoms with Crippen molar-refractivity contribution in [3.05, 3.63) is 35.9 Å². The molecular weight excluding hydrogens is 307 g/mol. The fourth-order valence-electron chi connectivity index (χ4n) is 2.74. The van der Waals surface area contributed by atoms with E-state index in [2.05, 4.69) is 10.6 Å². The fourth-order valence-corrected chi connectivity index (χ4v) is 2.74. The average molecular weight is 332 g/mol. The van der Waals surface area contributed by atoms with Gasteiger partial charge in [0.15, 0.2) is 0 Å². The predicted molar refractivity (Wildman–Crippen MR) is 91.5 cm³/mol. The maximum atomic E-state index is 12.2. The summed E-state index contributed by atoms with van der Waals surface area (Å²) in [5, 5.41) is 24.2. The van der Waals surface area contributed by atoms with Gasteiger partial charge in [-0.2, -0.15) is 0 Å². The van der Waals surface area contributed by atoms with Crippen LogP contribution in [0, 0.1) is 17.8 Å². The van der Waals surface area contributed by atoms with Gasteiger partial charge in [-0.15, -0.1) is 0 Å². The first kappa shape index (κ1) is 18.5. The summed E-state index contributed by atoms with van der Waals surface area (Å²) >= 11 is 0. The zero-order valence-electron chi connectivity index (χ0n) is 14.1. The van der Waals surface area contributed by atoms with Crippen LogP contribution in [-0.2, 0) is 16.1 Å². The number of carbonyl (C=O) groups is 2. The third-order valence-electron chi connectivity index (χ3n) is 4.19. The number of hydrogen-bond acceptors (Lipinski definition) is 4. The lowest BCUT2D eigenvalue weighted by atomic mass is 9.75. The van der Waals surface area contributed by atoms with Crippen molar-refractivity contribution < 1.29 is 19.6 Å². The maximum Gasteiger partial charge on any atom is 0.475 e. The summed E-state index contributed by atoms with van der Waals surface area (Å²) < 4.78 is 0. The van der Waals surface area contributed by atoms with Crippen LogP contribution in [-0.4, -0.2) is 34.9 Å². The van der Waals surface area contributed by atoms with Crippen LogP contribution in [0.15, 0.2) is 30.3 Å². The Morgan fingerprint density at radius 2 is 1.79 bits per heavy atom. The normalized spacial score (nSPS) is 20.4. The molecule has 1 aromatic rings. The van der Waals surface area contributed by atoms with Gasteiger partial charge in [0.05, 0.1) is 17.8 Å². The monoisotopic (exact) mass is 332 g/mol. The molecule has 2 amide bonds. The lowest BCUT2D eigenvalue weighted by Crippen LogP contribution is -2.48. The molecule has 0 heterocycles. The van der Waals surface area contributed by atoms with Gasteiger partial charge in [-0.25, -0.2) is 0 Å². The number of rotatable bonds is 8. The Balaban J connectivity index is 1.78. The summed E-state index contributed by atoms with van der Waals surface area (Å²) in [5.41, 5.74) is 1.01. The SMILES string of the molecule is CC(C)CC(NC(=O)[C@@H]1C[C@H]1C(=O)NCc1ccccc1)B(O)O. The largest absolute Gasteiger partial charge is 0.475 e. The van der Waals surface area contributed by atoms with E-state index < -0.39 is 13.1 Å². The molecule has 24 heavy (non-hydrogen) atoms. The van der Waals surface area contributed by atoms with Crippen molar-refractivity contribution >= 4 is 18.9 Å². The number of nitrogens with one attached hydrogen (secondary N) is 2. The highest BCUT2D eigenvalue weighted by molar-refractivity contribution is 6.43.